The molecule has 6 nitrogen and oxygen atoms in total. The molecule has 31 heavy (non-hydrogen) atoms. The minimum atomic E-state index is -3.99. The summed E-state index contributed by atoms with van der Waals surface area (Å²) in [5.41, 5.74) is 2.95. The highest BCUT2D eigenvalue weighted by molar-refractivity contribution is 7.92. The van der Waals surface area contributed by atoms with E-state index in [1.807, 2.05) is 37.3 Å². The largest absolute Gasteiger partial charge is 0.355 e. The first-order chi connectivity index (χ1) is 14.8. The van der Waals surface area contributed by atoms with E-state index in [0.717, 1.165) is 31.5 Å². The van der Waals surface area contributed by atoms with Crippen molar-refractivity contribution in [3.63, 3.8) is 0 Å². The summed E-state index contributed by atoms with van der Waals surface area (Å²) in [5, 5.41) is 8.63. The Bertz CT molecular complexity index is 1270. The second-order valence-corrected chi connectivity index (χ2v) is 10.4. The van der Waals surface area contributed by atoms with E-state index in [-0.39, 0.29) is 10.6 Å². The van der Waals surface area contributed by atoms with Crippen LogP contribution in [0.3, 0.4) is 0 Å². The first kappa shape index (κ1) is 21.3. The molecule has 160 valence electrons. The van der Waals surface area contributed by atoms with Gasteiger partial charge >= 0.3 is 0 Å². The van der Waals surface area contributed by atoms with E-state index in [0.29, 0.717) is 28.3 Å². The molecule has 7 heteroatoms. The number of aromatic nitrogens is 2. The zero-order valence-electron chi connectivity index (χ0n) is 18.0. The van der Waals surface area contributed by atoms with E-state index < -0.39 is 15.1 Å². The highest BCUT2D eigenvalue weighted by Gasteiger charge is 2.36. The number of hydrogen-bond donors (Lipinski definition) is 0. The van der Waals surface area contributed by atoms with Crippen LogP contribution in [0.5, 0.6) is 0 Å². The lowest BCUT2D eigenvalue weighted by atomic mass is 9.99. The van der Waals surface area contributed by atoms with Crippen molar-refractivity contribution in [3.05, 3.63) is 59.3 Å². The molecule has 0 saturated carbocycles. The Labute approximate surface area is 183 Å². The molecule has 1 aliphatic heterocycles. The van der Waals surface area contributed by atoms with E-state index in [1.54, 1.807) is 25.1 Å². The maximum absolute atomic E-state index is 13.7. The topological polar surface area (TPSA) is 86.9 Å². The van der Waals surface area contributed by atoms with E-state index in [9.17, 15) is 13.7 Å². The normalized spacial score (nSPS) is 16.3. The molecule has 0 radical (unpaired) electrons. The zero-order valence-corrected chi connectivity index (χ0v) is 18.9. The summed E-state index contributed by atoms with van der Waals surface area (Å²) in [5.74, 6) is 1.12. The molecule has 2 aromatic carbocycles. The quantitative estimate of drug-likeness (QED) is 0.600. The molecular weight excluding hydrogens is 408 g/mol. The predicted molar refractivity (Wildman–Crippen MR) is 122 cm³/mol. The van der Waals surface area contributed by atoms with Crippen molar-refractivity contribution < 1.29 is 8.42 Å². The summed E-state index contributed by atoms with van der Waals surface area (Å²) >= 11 is 0. The molecule has 1 atom stereocenters. The first-order valence-corrected chi connectivity index (χ1v) is 12.1. The summed E-state index contributed by atoms with van der Waals surface area (Å²) in [7, 11) is -3.99. The second kappa shape index (κ2) is 8.27. The van der Waals surface area contributed by atoms with Crippen molar-refractivity contribution in [3.8, 4) is 6.07 Å². The molecule has 0 amide bonds. The summed E-state index contributed by atoms with van der Waals surface area (Å²) < 4.78 is 27.3. The van der Waals surface area contributed by atoms with Gasteiger partial charge in [-0.2, -0.15) is 5.26 Å². The summed E-state index contributed by atoms with van der Waals surface area (Å²) in [6.45, 7) is 7.34. The standard InChI is InChI=1S/C24H26N4O2S/c1-16-10-12-28(13-11-16)24-23(26-19-6-4-5-7-20(19)27-24)22(15-25)31(29,30)21-14-17(2)8-9-18(21)3/h4-9,14,16,22H,10-13H2,1-3H3. The lowest BCUT2D eigenvalue weighted by Crippen LogP contribution is -2.35. The molecule has 0 bridgehead atoms. The van der Waals surface area contributed by atoms with Crippen LogP contribution in [0.15, 0.2) is 47.4 Å². The number of sulfone groups is 1. The minimum Gasteiger partial charge on any atom is -0.355 e. The molecule has 1 aromatic heterocycles. The Hall–Kier alpha value is -2.98. The van der Waals surface area contributed by atoms with Crippen LogP contribution in [0.4, 0.5) is 5.82 Å². The van der Waals surface area contributed by atoms with Gasteiger partial charge < -0.3 is 4.90 Å². The third kappa shape index (κ3) is 4.00. The number of hydrogen-bond acceptors (Lipinski definition) is 6. The van der Waals surface area contributed by atoms with Gasteiger partial charge in [0.1, 0.15) is 5.69 Å². The van der Waals surface area contributed by atoms with E-state index in [2.05, 4.69) is 16.8 Å². The fourth-order valence-corrected chi connectivity index (χ4v) is 5.76. The molecule has 1 aliphatic rings. The van der Waals surface area contributed by atoms with E-state index >= 15 is 0 Å². The van der Waals surface area contributed by atoms with Gasteiger partial charge in [-0.05, 0) is 61.9 Å². The summed E-state index contributed by atoms with van der Waals surface area (Å²) in [4.78, 5) is 11.7. The maximum Gasteiger partial charge on any atom is 0.200 e. The Morgan fingerprint density at radius 2 is 1.71 bits per heavy atom. The lowest BCUT2D eigenvalue weighted by molar-refractivity contribution is 0.436. The number of fused-ring (bicyclic) bond motifs is 1. The molecule has 0 aliphatic carbocycles. The molecule has 3 aromatic rings. The molecule has 2 heterocycles. The van der Waals surface area contributed by atoms with Crippen molar-refractivity contribution in [2.75, 3.05) is 18.0 Å². The second-order valence-electron chi connectivity index (χ2n) is 8.41. The number of para-hydroxylation sites is 2. The number of piperidine rings is 1. The smallest absolute Gasteiger partial charge is 0.200 e. The number of nitriles is 1. The number of anilines is 1. The molecule has 4 rings (SSSR count). The van der Waals surface area contributed by atoms with E-state index in [1.165, 1.54) is 0 Å². The van der Waals surface area contributed by atoms with Gasteiger partial charge in [0.25, 0.3) is 0 Å². The van der Waals surface area contributed by atoms with Crippen LogP contribution in [-0.4, -0.2) is 31.5 Å². The Morgan fingerprint density at radius 1 is 1.06 bits per heavy atom. The zero-order chi connectivity index (χ0) is 22.2. The van der Waals surface area contributed by atoms with Crippen molar-refractivity contribution >= 4 is 26.7 Å². The molecule has 0 N–H and O–H groups in total. The van der Waals surface area contributed by atoms with Crippen LogP contribution in [0.1, 0.15) is 41.8 Å². The van der Waals surface area contributed by atoms with Crippen LogP contribution in [0.25, 0.3) is 11.0 Å². The number of benzene rings is 2. The third-order valence-electron chi connectivity index (χ3n) is 5.99. The molecule has 1 unspecified atom stereocenters. The number of nitrogens with zero attached hydrogens (tertiary/aromatic N) is 4. The van der Waals surface area contributed by atoms with Gasteiger partial charge in [0, 0.05) is 13.1 Å². The maximum atomic E-state index is 13.7. The van der Waals surface area contributed by atoms with Gasteiger partial charge in [-0.15, -0.1) is 0 Å². The predicted octanol–water partition coefficient (Wildman–Crippen LogP) is 4.52. The van der Waals surface area contributed by atoms with Crippen LogP contribution >= 0.6 is 0 Å². The van der Waals surface area contributed by atoms with Crippen molar-refractivity contribution in [2.24, 2.45) is 5.92 Å². The minimum absolute atomic E-state index is 0.173. The summed E-state index contributed by atoms with van der Waals surface area (Å²) in [6.07, 6.45) is 1.99. The van der Waals surface area contributed by atoms with Gasteiger partial charge in [0.15, 0.2) is 11.1 Å². The highest BCUT2D eigenvalue weighted by Crippen LogP contribution is 2.36. The molecular formula is C24H26N4O2S. The van der Waals surface area contributed by atoms with Gasteiger partial charge in [-0.25, -0.2) is 18.4 Å². The van der Waals surface area contributed by atoms with Crippen LogP contribution in [0, 0.1) is 31.1 Å². The monoisotopic (exact) mass is 434 g/mol. The van der Waals surface area contributed by atoms with Crippen molar-refractivity contribution in [2.45, 2.75) is 43.8 Å². The fourth-order valence-electron chi connectivity index (χ4n) is 4.05. The molecule has 1 fully saturated rings. The fraction of sp³-hybridized carbons (Fsp3) is 0.375. The van der Waals surface area contributed by atoms with Gasteiger partial charge in [-0.1, -0.05) is 31.2 Å². The van der Waals surface area contributed by atoms with Crippen molar-refractivity contribution in [1.82, 2.24) is 9.97 Å². The third-order valence-corrected chi connectivity index (χ3v) is 7.99. The Morgan fingerprint density at radius 3 is 2.35 bits per heavy atom. The average Bonchev–Trinajstić information content (AvgIpc) is 2.76. The Balaban J connectivity index is 1.91. The molecule has 1 saturated heterocycles. The highest BCUT2D eigenvalue weighted by atomic mass is 32.2. The van der Waals surface area contributed by atoms with Gasteiger partial charge in [0.2, 0.25) is 9.84 Å². The Kier molecular flexibility index (Phi) is 5.67. The molecule has 0 spiro atoms. The van der Waals surface area contributed by atoms with E-state index in [4.69, 9.17) is 4.98 Å². The van der Waals surface area contributed by atoms with Gasteiger partial charge in [-0.3, -0.25) is 0 Å². The average molecular weight is 435 g/mol. The van der Waals surface area contributed by atoms with Gasteiger partial charge in [0.05, 0.1) is 22.0 Å². The lowest BCUT2D eigenvalue weighted by Gasteiger charge is -2.32. The summed E-state index contributed by atoms with van der Waals surface area (Å²) in [6, 6.07) is 14.7. The van der Waals surface area contributed by atoms with Crippen LogP contribution < -0.4 is 4.90 Å². The number of aryl methyl sites for hydroxylation is 2. The number of rotatable bonds is 4. The van der Waals surface area contributed by atoms with Crippen LogP contribution in [0.2, 0.25) is 0 Å². The van der Waals surface area contributed by atoms with Crippen molar-refractivity contribution in [1.29, 1.82) is 5.26 Å². The SMILES string of the molecule is Cc1ccc(C)c(S(=O)(=O)C(C#N)c2nc3ccccc3nc2N2CCC(C)CC2)c1. The first-order valence-electron chi connectivity index (χ1n) is 10.5. The van der Waals surface area contributed by atoms with Crippen LogP contribution in [-0.2, 0) is 9.84 Å².